The average Bonchev–Trinajstić information content (AvgIpc) is 2.61. The predicted molar refractivity (Wildman–Crippen MR) is 94.2 cm³/mol. The van der Waals surface area contributed by atoms with Gasteiger partial charge in [-0.3, -0.25) is 14.9 Å². The van der Waals surface area contributed by atoms with Crippen molar-refractivity contribution < 1.29 is 19.2 Å². The fourth-order valence-electron chi connectivity index (χ4n) is 2.31. The van der Waals surface area contributed by atoms with Crippen molar-refractivity contribution in [2.75, 3.05) is 12.4 Å². The van der Waals surface area contributed by atoms with Crippen LogP contribution in [0.2, 0.25) is 0 Å². The maximum absolute atomic E-state index is 12.5. The third-order valence-corrected chi connectivity index (χ3v) is 3.76. The lowest BCUT2D eigenvalue weighted by Crippen LogP contribution is -2.32. The Balaban J connectivity index is 2.12. The molecule has 2 aromatic rings. The molecule has 25 heavy (non-hydrogen) atoms. The molecule has 0 fully saturated rings. The van der Waals surface area contributed by atoms with Gasteiger partial charge in [0, 0.05) is 6.07 Å². The van der Waals surface area contributed by atoms with Crippen LogP contribution in [0.3, 0.4) is 0 Å². The molecular weight excluding hydrogens is 324 g/mol. The lowest BCUT2D eigenvalue weighted by molar-refractivity contribution is -0.385. The molecule has 1 amide bonds. The number of benzene rings is 2. The fourth-order valence-corrected chi connectivity index (χ4v) is 2.31. The van der Waals surface area contributed by atoms with Gasteiger partial charge in [0.2, 0.25) is 0 Å². The zero-order chi connectivity index (χ0) is 18.4. The normalized spacial score (nSPS) is 11.5. The van der Waals surface area contributed by atoms with E-state index in [1.165, 1.54) is 12.1 Å². The maximum Gasteiger partial charge on any atom is 0.274 e. The highest BCUT2D eigenvalue weighted by atomic mass is 16.6. The maximum atomic E-state index is 12.5. The van der Waals surface area contributed by atoms with Gasteiger partial charge < -0.3 is 14.8 Å². The van der Waals surface area contributed by atoms with E-state index in [-0.39, 0.29) is 11.6 Å². The molecule has 1 N–H and O–H groups in total. The first kappa shape index (κ1) is 18.3. The van der Waals surface area contributed by atoms with Crippen molar-refractivity contribution in [1.82, 2.24) is 0 Å². The monoisotopic (exact) mass is 344 g/mol. The van der Waals surface area contributed by atoms with Crippen molar-refractivity contribution in [3.8, 4) is 11.5 Å². The minimum absolute atomic E-state index is 0.0399. The van der Waals surface area contributed by atoms with E-state index in [1.807, 2.05) is 6.92 Å². The van der Waals surface area contributed by atoms with E-state index >= 15 is 0 Å². The van der Waals surface area contributed by atoms with Gasteiger partial charge in [0.1, 0.15) is 11.5 Å². The van der Waals surface area contributed by atoms with Crippen LogP contribution in [0, 0.1) is 17.0 Å². The summed E-state index contributed by atoms with van der Waals surface area (Å²) in [7, 11) is 1.57. The lowest BCUT2D eigenvalue weighted by atomic mass is 10.1. The number of hydrogen-bond donors (Lipinski definition) is 1. The van der Waals surface area contributed by atoms with E-state index in [2.05, 4.69) is 5.32 Å². The summed E-state index contributed by atoms with van der Waals surface area (Å²) in [5, 5.41) is 13.7. The number of rotatable bonds is 7. The minimum atomic E-state index is -0.716. The highest BCUT2D eigenvalue weighted by Gasteiger charge is 2.21. The van der Waals surface area contributed by atoms with E-state index in [9.17, 15) is 14.9 Å². The molecule has 0 spiro atoms. The number of nitrogens with zero attached hydrogens (tertiary/aromatic N) is 1. The average molecular weight is 344 g/mol. The van der Waals surface area contributed by atoms with E-state index in [0.29, 0.717) is 29.2 Å². The Morgan fingerprint density at radius 2 is 1.84 bits per heavy atom. The third-order valence-electron chi connectivity index (χ3n) is 3.76. The summed E-state index contributed by atoms with van der Waals surface area (Å²) in [5.41, 5.74) is 0.762. The van der Waals surface area contributed by atoms with Crippen molar-refractivity contribution in [3.05, 3.63) is 58.1 Å². The van der Waals surface area contributed by atoms with Crippen molar-refractivity contribution in [2.45, 2.75) is 26.4 Å². The van der Waals surface area contributed by atoms with Crippen LogP contribution in [0.15, 0.2) is 42.5 Å². The third kappa shape index (κ3) is 4.47. The van der Waals surface area contributed by atoms with Crippen LogP contribution < -0.4 is 14.8 Å². The molecule has 0 saturated heterocycles. The van der Waals surface area contributed by atoms with Crippen LogP contribution in [-0.4, -0.2) is 24.0 Å². The number of nitro benzene ring substituents is 1. The molecule has 7 heteroatoms. The van der Waals surface area contributed by atoms with Crippen molar-refractivity contribution in [1.29, 1.82) is 0 Å². The Labute approximate surface area is 145 Å². The summed E-state index contributed by atoms with van der Waals surface area (Å²) in [6.45, 7) is 3.42. The molecule has 0 unspecified atom stereocenters. The molecule has 0 bridgehead atoms. The van der Waals surface area contributed by atoms with Gasteiger partial charge in [0.05, 0.1) is 23.3 Å². The SMILES string of the molecule is CC[C@@H](Oc1ccc(OC)cc1)C(=O)Nc1cccc([N+](=O)[O-])c1C. The van der Waals surface area contributed by atoms with Gasteiger partial charge in [-0.2, -0.15) is 0 Å². The van der Waals surface area contributed by atoms with Gasteiger partial charge in [0.25, 0.3) is 11.6 Å². The largest absolute Gasteiger partial charge is 0.497 e. The molecule has 0 aromatic heterocycles. The Hall–Kier alpha value is -3.09. The van der Waals surface area contributed by atoms with Gasteiger partial charge in [-0.15, -0.1) is 0 Å². The first-order valence-electron chi connectivity index (χ1n) is 7.81. The van der Waals surface area contributed by atoms with Crippen molar-refractivity contribution >= 4 is 17.3 Å². The summed E-state index contributed by atoms with van der Waals surface area (Å²) in [5.74, 6) is 0.873. The van der Waals surface area contributed by atoms with Crippen molar-refractivity contribution in [3.63, 3.8) is 0 Å². The number of amides is 1. The molecule has 1 atom stereocenters. The molecule has 0 radical (unpaired) electrons. The van der Waals surface area contributed by atoms with Gasteiger partial charge in [0.15, 0.2) is 6.10 Å². The highest BCUT2D eigenvalue weighted by molar-refractivity contribution is 5.95. The van der Waals surface area contributed by atoms with Crippen LogP contribution in [-0.2, 0) is 4.79 Å². The number of carbonyl (C=O) groups is 1. The highest BCUT2D eigenvalue weighted by Crippen LogP contribution is 2.26. The van der Waals surface area contributed by atoms with Crippen LogP contribution in [0.5, 0.6) is 11.5 Å². The topological polar surface area (TPSA) is 90.7 Å². The van der Waals surface area contributed by atoms with Gasteiger partial charge in [-0.25, -0.2) is 0 Å². The molecule has 0 saturated carbocycles. The molecule has 0 aliphatic heterocycles. The molecule has 2 rings (SSSR count). The summed E-state index contributed by atoms with van der Waals surface area (Å²) in [4.78, 5) is 23.0. The molecule has 2 aromatic carbocycles. The van der Waals surface area contributed by atoms with Crippen LogP contribution in [0.1, 0.15) is 18.9 Å². The van der Waals surface area contributed by atoms with E-state index in [0.717, 1.165) is 0 Å². The van der Waals surface area contributed by atoms with Gasteiger partial charge in [-0.1, -0.05) is 13.0 Å². The molecule has 0 aliphatic rings. The van der Waals surface area contributed by atoms with Crippen LogP contribution in [0.4, 0.5) is 11.4 Å². The van der Waals surface area contributed by atoms with Gasteiger partial charge >= 0.3 is 0 Å². The second kappa shape index (κ2) is 8.14. The quantitative estimate of drug-likeness (QED) is 0.611. The molecule has 132 valence electrons. The summed E-state index contributed by atoms with van der Waals surface area (Å²) < 4.78 is 10.8. The fraction of sp³-hybridized carbons (Fsp3) is 0.278. The Bertz CT molecular complexity index is 759. The summed E-state index contributed by atoms with van der Waals surface area (Å²) >= 11 is 0. The smallest absolute Gasteiger partial charge is 0.274 e. The van der Waals surface area contributed by atoms with Gasteiger partial charge in [-0.05, 0) is 43.7 Å². The predicted octanol–water partition coefficient (Wildman–Crippen LogP) is 3.71. The Morgan fingerprint density at radius 1 is 1.20 bits per heavy atom. The summed E-state index contributed by atoms with van der Waals surface area (Å²) in [6.07, 6.45) is -0.265. The number of anilines is 1. The Morgan fingerprint density at radius 3 is 2.40 bits per heavy atom. The molecule has 7 nitrogen and oxygen atoms in total. The number of nitro groups is 1. The molecule has 0 heterocycles. The number of carbonyl (C=O) groups excluding carboxylic acids is 1. The standard InChI is InChI=1S/C18H20N2O5/c1-4-17(25-14-10-8-13(24-3)9-11-14)18(21)19-15-6-5-7-16(12(15)2)20(22)23/h5-11,17H,4H2,1-3H3,(H,19,21)/t17-/m1/s1. The van der Waals surface area contributed by atoms with Crippen LogP contribution >= 0.6 is 0 Å². The zero-order valence-corrected chi connectivity index (χ0v) is 14.3. The number of nitrogens with one attached hydrogen (secondary N) is 1. The second-order valence-corrected chi connectivity index (χ2v) is 5.39. The molecule has 0 aliphatic carbocycles. The molecular formula is C18H20N2O5. The zero-order valence-electron chi connectivity index (χ0n) is 14.3. The van der Waals surface area contributed by atoms with E-state index in [4.69, 9.17) is 9.47 Å². The Kier molecular flexibility index (Phi) is 5.94. The van der Waals surface area contributed by atoms with E-state index < -0.39 is 11.0 Å². The van der Waals surface area contributed by atoms with E-state index in [1.54, 1.807) is 44.4 Å². The summed E-state index contributed by atoms with van der Waals surface area (Å²) in [6, 6.07) is 11.5. The van der Waals surface area contributed by atoms with Crippen LogP contribution in [0.25, 0.3) is 0 Å². The number of methoxy groups -OCH3 is 1. The lowest BCUT2D eigenvalue weighted by Gasteiger charge is -2.18. The first-order valence-corrected chi connectivity index (χ1v) is 7.81. The second-order valence-electron chi connectivity index (χ2n) is 5.39. The first-order chi connectivity index (χ1) is 12.0. The minimum Gasteiger partial charge on any atom is -0.497 e. The number of ether oxygens (including phenoxy) is 2. The number of hydrogen-bond acceptors (Lipinski definition) is 5. The van der Waals surface area contributed by atoms with Crippen molar-refractivity contribution in [2.24, 2.45) is 0 Å².